The van der Waals surface area contributed by atoms with Crippen molar-refractivity contribution < 1.29 is 4.74 Å². The minimum absolute atomic E-state index is 0.547. The molecule has 0 atom stereocenters. The van der Waals surface area contributed by atoms with Gasteiger partial charge in [-0.15, -0.1) is 0 Å². The maximum Gasteiger partial charge on any atom is 0.164 e. The Balaban J connectivity index is 1.03. The number of fused-ring (bicyclic) bond motifs is 2. The van der Waals surface area contributed by atoms with Crippen molar-refractivity contribution in [3.05, 3.63) is 234 Å². The molecule has 0 spiro atoms. The van der Waals surface area contributed by atoms with E-state index in [2.05, 4.69) is 140 Å². The lowest BCUT2D eigenvalue weighted by Crippen LogP contribution is -2.34. The second kappa shape index (κ2) is 14.6. The number of ether oxygens (including phenoxy) is 1. The Labute approximate surface area is 337 Å². The molecule has 0 aliphatic carbocycles. The predicted molar refractivity (Wildman–Crippen MR) is 230 cm³/mol. The van der Waals surface area contributed by atoms with Gasteiger partial charge in [0.1, 0.15) is 11.5 Å². The quantitative estimate of drug-likeness (QED) is 0.163. The van der Waals surface area contributed by atoms with Gasteiger partial charge in [-0.25, -0.2) is 15.0 Å². The van der Waals surface area contributed by atoms with Gasteiger partial charge in [0, 0.05) is 27.8 Å². The van der Waals surface area contributed by atoms with E-state index in [4.69, 9.17) is 19.7 Å². The third-order valence-corrected chi connectivity index (χ3v) is 10.9. The van der Waals surface area contributed by atoms with Crippen LogP contribution < -0.4 is 4.74 Å². The molecule has 5 nitrogen and oxygen atoms in total. The van der Waals surface area contributed by atoms with Gasteiger partial charge in [-0.05, 0) is 81.9 Å². The zero-order chi connectivity index (χ0) is 38.9. The van der Waals surface area contributed by atoms with Crippen molar-refractivity contribution in [2.75, 3.05) is 0 Å². The fraction of sp³-hybridized carbons (Fsp3) is 0.0189. The Morgan fingerprint density at radius 1 is 0.362 bits per heavy atom. The Morgan fingerprint density at radius 3 is 1.43 bits per heavy atom. The molecule has 0 N–H and O–H groups in total. The molecule has 0 saturated carbocycles. The number of hydrogen-bond acceptors (Lipinski definition) is 5. The Hall–Kier alpha value is -7.94. The van der Waals surface area contributed by atoms with Crippen molar-refractivity contribution in [2.24, 2.45) is 0 Å². The van der Waals surface area contributed by atoms with Gasteiger partial charge in [-0.1, -0.05) is 158 Å². The molecule has 1 aliphatic heterocycles. The molecule has 0 bridgehead atoms. The van der Waals surface area contributed by atoms with E-state index in [-0.39, 0.29) is 0 Å². The number of nitriles is 1. The summed E-state index contributed by atoms with van der Waals surface area (Å²) in [4.78, 5) is 14.7. The minimum Gasteiger partial charge on any atom is -0.457 e. The van der Waals surface area contributed by atoms with Gasteiger partial charge in [0.2, 0.25) is 0 Å². The number of rotatable bonds is 7. The molecule has 8 aromatic carbocycles. The summed E-state index contributed by atoms with van der Waals surface area (Å²) in [7, 11) is 0. The van der Waals surface area contributed by atoms with Crippen molar-refractivity contribution in [1.82, 2.24) is 15.0 Å². The van der Waals surface area contributed by atoms with Crippen LogP contribution in [0.3, 0.4) is 0 Å². The van der Waals surface area contributed by atoms with Crippen molar-refractivity contribution in [3.63, 3.8) is 0 Å². The summed E-state index contributed by atoms with van der Waals surface area (Å²) in [6.45, 7) is 0. The van der Waals surface area contributed by atoms with Crippen LogP contribution in [0.1, 0.15) is 27.8 Å². The number of para-hydroxylation sites is 1. The highest BCUT2D eigenvalue weighted by Crippen LogP contribution is 2.55. The third kappa shape index (κ3) is 6.10. The molecule has 0 fully saturated rings. The van der Waals surface area contributed by atoms with E-state index >= 15 is 0 Å². The molecule has 58 heavy (non-hydrogen) atoms. The Kier molecular flexibility index (Phi) is 8.70. The number of nitrogens with zero attached hydrogens (tertiary/aromatic N) is 4. The zero-order valence-corrected chi connectivity index (χ0v) is 31.3. The summed E-state index contributed by atoms with van der Waals surface area (Å²) in [5.74, 6) is 3.42. The molecular weight excluding hydrogens is 709 g/mol. The topological polar surface area (TPSA) is 71.7 Å². The van der Waals surface area contributed by atoms with Gasteiger partial charge < -0.3 is 4.74 Å². The van der Waals surface area contributed by atoms with Gasteiger partial charge in [0.15, 0.2) is 17.5 Å². The monoisotopic (exact) mass is 742 g/mol. The highest BCUT2D eigenvalue weighted by atomic mass is 16.5. The second-order valence-corrected chi connectivity index (χ2v) is 14.3. The smallest absolute Gasteiger partial charge is 0.164 e. The van der Waals surface area contributed by atoms with Crippen LogP contribution in [0.25, 0.3) is 56.4 Å². The van der Waals surface area contributed by atoms with Crippen LogP contribution in [0.2, 0.25) is 0 Å². The van der Waals surface area contributed by atoms with Crippen LogP contribution in [0.4, 0.5) is 0 Å². The lowest BCUT2D eigenvalue weighted by atomic mass is 9.63. The van der Waals surface area contributed by atoms with E-state index in [9.17, 15) is 5.26 Å². The molecule has 0 amide bonds. The summed E-state index contributed by atoms with van der Waals surface area (Å²) in [5.41, 5.74) is 11.5. The molecule has 9 aromatic rings. The fourth-order valence-electron chi connectivity index (χ4n) is 8.12. The third-order valence-electron chi connectivity index (χ3n) is 10.9. The molecule has 0 unspecified atom stereocenters. The van der Waals surface area contributed by atoms with Crippen LogP contribution >= 0.6 is 0 Å². The SMILES string of the molecule is N#Cc1ccc(-c2nc(-c3ccccc3)nc(-c3cccc(-c4ccc(-c5ccc6c(c5)C(c5ccccc5)(c5ccccc5)c5ccccc5O6)cc4)c3)n2)cc1. The lowest BCUT2D eigenvalue weighted by Gasteiger charge is -2.41. The van der Waals surface area contributed by atoms with E-state index in [0.717, 1.165) is 61.6 Å². The van der Waals surface area contributed by atoms with E-state index in [1.165, 1.54) is 11.1 Å². The maximum absolute atomic E-state index is 9.35. The van der Waals surface area contributed by atoms with Crippen LogP contribution in [0.5, 0.6) is 11.5 Å². The summed E-state index contributed by atoms with van der Waals surface area (Å²) in [6.07, 6.45) is 0. The van der Waals surface area contributed by atoms with Gasteiger partial charge in [-0.2, -0.15) is 5.26 Å². The van der Waals surface area contributed by atoms with Gasteiger partial charge in [0.05, 0.1) is 17.0 Å². The number of aromatic nitrogens is 3. The zero-order valence-electron chi connectivity index (χ0n) is 31.3. The largest absolute Gasteiger partial charge is 0.457 e. The molecule has 272 valence electrons. The first-order valence-corrected chi connectivity index (χ1v) is 19.2. The van der Waals surface area contributed by atoms with Crippen LogP contribution in [-0.2, 0) is 5.41 Å². The normalized spacial score (nSPS) is 12.4. The molecule has 0 radical (unpaired) electrons. The van der Waals surface area contributed by atoms with Crippen molar-refractivity contribution >= 4 is 0 Å². The summed E-state index contributed by atoms with van der Waals surface area (Å²) in [6, 6.07) is 72.9. The van der Waals surface area contributed by atoms with E-state index in [1.54, 1.807) is 12.1 Å². The minimum atomic E-state index is -0.585. The molecule has 1 aliphatic rings. The predicted octanol–water partition coefficient (Wildman–Crippen LogP) is 12.6. The first kappa shape index (κ1) is 34.5. The van der Waals surface area contributed by atoms with E-state index in [1.807, 2.05) is 60.7 Å². The lowest BCUT2D eigenvalue weighted by molar-refractivity contribution is 0.434. The average molecular weight is 743 g/mol. The van der Waals surface area contributed by atoms with Gasteiger partial charge in [0.25, 0.3) is 0 Å². The number of hydrogen-bond donors (Lipinski definition) is 0. The standard InChI is InChI=1S/C53H34N4O/c54-35-36-23-25-40(26-24-36)51-55-50(39-13-4-1-5-14-39)56-52(57-51)43-16-12-15-41(33-43)37-27-29-38(30-28-37)42-31-32-49-47(34-42)53(44-17-6-2-7-18-44,45-19-8-3-9-20-45)46-21-10-11-22-48(46)58-49/h1-34H. The van der Waals surface area contributed by atoms with Crippen molar-refractivity contribution in [3.8, 4) is 74.0 Å². The summed E-state index contributed by atoms with van der Waals surface area (Å²) >= 11 is 0. The molecule has 1 aromatic heterocycles. The Morgan fingerprint density at radius 2 is 0.810 bits per heavy atom. The van der Waals surface area contributed by atoms with E-state index in [0.29, 0.717) is 23.0 Å². The number of benzene rings is 8. The average Bonchev–Trinajstić information content (AvgIpc) is 3.31. The maximum atomic E-state index is 9.35. The van der Waals surface area contributed by atoms with Crippen molar-refractivity contribution in [1.29, 1.82) is 5.26 Å². The first-order chi connectivity index (χ1) is 28.7. The first-order valence-electron chi connectivity index (χ1n) is 19.2. The molecule has 10 rings (SSSR count). The van der Waals surface area contributed by atoms with Crippen LogP contribution in [0, 0.1) is 11.3 Å². The highest BCUT2D eigenvalue weighted by molar-refractivity contribution is 5.78. The Bertz CT molecular complexity index is 2920. The van der Waals surface area contributed by atoms with Crippen molar-refractivity contribution in [2.45, 2.75) is 5.41 Å². The summed E-state index contributed by atoms with van der Waals surface area (Å²) in [5, 5.41) is 9.35. The van der Waals surface area contributed by atoms with Crippen LogP contribution in [0.15, 0.2) is 206 Å². The fourth-order valence-corrected chi connectivity index (χ4v) is 8.12. The highest BCUT2D eigenvalue weighted by Gasteiger charge is 2.45. The van der Waals surface area contributed by atoms with Crippen LogP contribution in [-0.4, -0.2) is 15.0 Å². The second-order valence-electron chi connectivity index (χ2n) is 14.3. The molecular formula is C53H34N4O. The van der Waals surface area contributed by atoms with E-state index < -0.39 is 5.41 Å². The molecule has 0 saturated heterocycles. The molecule has 5 heteroatoms. The van der Waals surface area contributed by atoms with Gasteiger partial charge >= 0.3 is 0 Å². The molecule has 2 heterocycles. The summed E-state index contributed by atoms with van der Waals surface area (Å²) < 4.78 is 6.64. The van der Waals surface area contributed by atoms with Gasteiger partial charge in [-0.3, -0.25) is 0 Å².